The maximum Gasteiger partial charge on any atom is 0.226 e. The van der Waals surface area contributed by atoms with E-state index >= 15 is 0 Å². The molecule has 3 rings (SSSR count). The highest BCUT2D eigenvalue weighted by molar-refractivity contribution is 5.80. The number of hydrazine groups is 1. The first-order valence-corrected chi connectivity index (χ1v) is 9.50. The van der Waals surface area contributed by atoms with E-state index in [0.29, 0.717) is 13.1 Å². The van der Waals surface area contributed by atoms with Gasteiger partial charge in [-0.2, -0.15) is 0 Å². The Morgan fingerprint density at radius 2 is 2.11 bits per heavy atom. The molecular weight excluding hydrogens is 340 g/mol. The fraction of sp³-hybridized carbons (Fsp3) is 0.450. The number of amides is 1. The van der Waals surface area contributed by atoms with Gasteiger partial charge < -0.3 is 10.2 Å². The molecule has 1 aliphatic heterocycles. The largest absolute Gasteiger partial charge is 0.359 e. The average Bonchev–Trinajstić information content (AvgIpc) is 3.20. The van der Waals surface area contributed by atoms with Crippen molar-refractivity contribution in [1.29, 1.82) is 0 Å². The second-order valence-corrected chi connectivity index (χ2v) is 6.84. The smallest absolute Gasteiger partial charge is 0.226 e. The van der Waals surface area contributed by atoms with Crippen LogP contribution in [0.25, 0.3) is 0 Å². The van der Waals surface area contributed by atoms with Crippen LogP contribution in [0, 0.1) is 5.92 Å². The molecule has 3 heterocycles. The number of nitrogens with zero attached hydrogens (tertiary/aromatic N) is 3. The molecule has 27 heavy (non-hydrogen) atoms. The van der Waals surface area contributed by atoms with Crippen LogP contribution < -0.4 is 21.1 Å². The number of nitrogens with one attached hydrogen (secondary N) is 3. The minimum Gasteiger partial charge on any atom is -0.359 e. The van der Waals surface area contributed by atoms with Crippen LogP contribution in [0.15, 0.2) is 42.7 Å². The molecule has 0 aromatic carbocycles. The van der Waals surface area contributed by atoms with Crippen LogP contribution in [0.3, 0.4) is 0 Å². The average molecular weight is 368 g/mol. The van der Waals surface area contributed by atoms with E-state index < -0.39 is 0 Å². The summed E-state index contributed by atoms with van der Waals surface area (Å²) in [7, 11) is 2.02. The molecule has 2 unspecified atom stereocenters. The molecule has 1 saturated heterocycles. The third-order valence-electron chi connectivity index (χ3n) is 4.98. The molecule has 7 heteroatoms. The van der Waals surface area contributed by atoms with Crippen LogP contribution in [0.2, 0.25) is 0 Å². The highest BCUT2D eigenvalue weighted by Crippen LogP contribution is 2.17. The van der Waals surface area contributed by atoms with E-state index in [2.05, 4.69) is 38.0 Å². The van der Waals surface area contributed by atoms with Gasteiger partial charge in [-0.1, -0.05) is 19.1 Å². The molecule has 3 N–H and O–H groups in total. The number of likely N-dealkylation sites (N-methyl/N-ethyl adjacent to an activating group) is 1. The summed E-state index contributed by atoms with van der Waals surface area (Å²) >= 11 is 0. The maximum atomic E-state index is 12.5. The zero-order chi connectivity index (χ0) is 19.1. The standard InChI is InChI=1S/C20H28N6O/c1-3-18-17(14-24-25-18)20(27)23-13-15-7-6-11-22-19(15)26(2)12-9-16-8-4-5-10-21-16/h4-8,10-11,17-18,24-25H,3,9,12-14H2,1-2H3,(H,23,27). The number of anilines is 1. The van der Waals surface area contributed by atoms with Gasteiger partial charge >= 0.3 is 0 Å². The fourth-order valence-corrected chi connectivity index (χ4v) is 3.36. The van der Waals surface area contributed by atoms with Crippen molar-refractivity contribution in [3.63, 3.8) is 0 Å². The van der Waals surface area contributed by atoms with E-state index in [4.69, 9.17) is 0 Å². The Morgan fingerprint density at radius 3 is 2.89 bits per heavy atom. The van der Waals surface area contributed by atoms with Gasteiger partial charge in [-0.05, 0) is 24.6 Å². The van der Waals surface area contributed by atoms with Crippen molar-refractivity contribution in [2.75, 3.05) is 25.0 Å². The van der Waals surface area contributed by atoms with Crippen LogP contribution in [0.1, 0.15) is 24.6 Å². The van der Waals surface area contributed by atoms with Gasteiger partial charge in [0, 0.05) is 62.8 Å². The SMILES string of the molecule is CCC1NNCC1C(=O)NCc1cccnc1N(C)CCc1ccccn1. The first-order valence-electron chi connectivity index (χ1n) is 9.50. The number of carbonyl (C=O) groups is 1. The molecular formula is C20H28N6O. The molecule has 2 aromatic heterocycles. The molecule has 1 amide bonds. The van der Waals surface area contributed by atoms with Gasteiger partial charge in [0.05, 0.1) is 5.92 Å². The second-order valence-electron chi connectivity index (χ2n) is 6.84. The summed E-state index contributed by atoms with van der Waals surface area (Å²) in [5, 5.41) is 3.08. The highest BCUT2D eigenvalue weighted by Gasteiger charge is 2.31. The van der Waals surface area contributed by atoms with E-state index in [1.54, 1.807) is 6.20 Å². The van der Waals surface area contributed by atoms with Gasteiger partial charge in [0.15, 0.2) is 0 Å². The Morgan fingerprint density at radius 1 is 1.26 bits per heavy atom. The molecule has 1 aliphatic rings. The molecule has 0 aliphatic carbocycles. The molecule has 0 saturated carbocycles. The van der Waals surface area contributed by atoms with Crippen molar-refractivity contribution in [2.45, 2.75) is 32.4 Å². The monoisotopic (exact) mass is 368 g/mol. The van der Waals surface area contributed by atoms with Crippen LogP contribution in [0.5, 0.6) is 0 Å². The number of rotatable bonds is 8. The molecule has 0 bridgehead atoms. The molecule has 144 valence electrons. The van der Waals surface area contributed by atoms with Crippen molar-refractivity contribution < 1.29 is 4.79 Å². The first-order chi connectivity index (χ1) is 13.2. The number of hydrogen-bond acceptors (Lipinski definition) is 6. The van der Waals surface area contributed by atoms with E-state index in [0.717, 1.165) is 36.5 Å². The summed E-state index contributed by atoms with van der Waals surface area (Å²) in [6.45, 7) is 4.03. The topological polar surface area (TPSA) is 82.2 Å². The Bertz CT molecular complexity index is 738. The summed E-state index contributed by atoms with van der Waals surface area (Å²) in [4.78, 5) is 23.6. The van der Waals surface area contributed by atoms with E-state index in [9.17, 15) is 4.79 Å². The normalized spacial score (nSPS) is 19.0. The number of aromatic nitrogens is 2. The van der Waals surface area contributed by atoms with Crippen molar-refractivity contribution in [3.8, 4) is 0 Å². The Labute approximate surface area is 160 Å². The van der Waals surface area contributed by atoms with Gasteiger partial charge in [-0.25, -0.2) is 4.98 Å². The predicted octanol–water partition coefficient (Wildman–Crippen LogP) is 1.27. The lowest BCUT2D eigenvalue weighted by atomic mass is 9.99. The van der Waals surface area contributed by atoms with Gasteiger partial charge in [0.2, 0.25) is 5.91 Å². The lowest BCUT2D eigenvalue weighted by molar-refractivity contribution is -0.125. The minimum absolute atomic E-state index is 0.0444. The summed E-state index contributed by atoms with van der Waals surface area (Å²) in [6.07, 6.45) is 5.36. The molecule has 0 spiro atoms. The zero-order valence-corrected chi connectivity index (χ0v) is 16.0. The number of carbonyl (C=O) groups excluding carboxylic acids is 1. The van der Waals surface area contributed by atoms with Crippen LogP contribution in [-0.4, -0.2) is 42.1 Å². The third-order valence-corrected chi connectivity index (χ3v) is 4.98. The van der Waals surface area contributed by atoms with E-state index in [-0.39, 0.29) is 17.9 Å². The highest BCUT2D eigenvalue weighted by atomic mass is 16.2. The Hall–Kier alpha value is -2.51. The predicted molar refractivity (Wildman–Crippen MR) is 106 cm³/mol. The lowest BCUT2D eigenvalue weighted by Gasteiger charge is -2.22. The fourth-order valence-electron chi connectivity index (χ4n) is 3.36. The summed E-state index contributed by atoms with van der Waals surface area (Å²) in [5.74, 6) is 0.922. The zero-order valence-electron chi connectivity index (χ0n) is 16.0. The van der Waals surface area contributed by atoms with Crippen LogP contribution in [-0.2, 0) is 17.8 Å². The minimum atomic E-state index is -0.0444. The van der Waals surface area contributed by atoms with Gasteiger partial charge in [-0.15, -0.1) is 0 Å². The number of hydrogen-bond donors (Lipinski definition) is 3. The Kier molecular flexibility index (Phi) is 6.73. The van der Waals surface area contributed by atoms with Crippen molar-refractivity contribution in [1.82, 2.24) is 26.1 Å². The van der Waals surface area contributed by atoms with Gasteiger partial charge in [0.1, 0.15) is 5.82 Å². The molecule has 2 atom stereocenters. The molecule has 7 nitrogen and oxygen atoms in total. The Balaban J connectivity index is 1.59. The summed E-state index contributed by atoms with van der Waals surface area (Å²) in [6, 6.07) is 10.1. The molecule has 2 aromatic rings. The molecule has 0 radical (unpaired) electrons. The van der Waals surface area contributed by atoms with Crippen molar-refractivity contribution in [3.05, 3.63) is 54.0 Å². The van der Waals surface area contributed by atoms with E-state index in [1.807, 2.05) is 43.6 Å². The molecule has 1 fully saturated rings. The quantitative estimate of drug-likeness (QED) is 0.651. The van der Waals surface area contributed by atoms with Crippen LogP contribution >= 0.6 is 0 Å². The number of pyridine rings is 2. The van der Waals surface area contributed by atoms with Crippen molar-refractivity contribution in [2.24, 2.45) is 5.92 Å². The van der Waals surface area contributed by atoms with Gasteiger partial charge in [0.25, 0.3) is 0 Å². The summed E-state index contributed by atoms with van der Waals surface area (Å²) < 4.78 is 0. The maximum absolute atomic E-state index is 12.5. The summed E-state index contributed by atoms with van der Waals surface area (Å²) in [5.41, 5.74) is 8.31. The van der Waals surface area contributed by atoms with Crippen LogP contribution in [0.4, 0.5) is 5.82 Å². The second kappa shape index (κ2) is 9.43. The first kappa shape index (κ1) is 19.3. The van der Waals surface area contributed by atoms with E-state index in [1.165, 1.54) is 0 Å². The van der Waals surface area contributed by atoms with Crippen molar-refractivity contribution >= 4 is 11.7 Å². The van der Waals surface area contributed by atoms with Gasteiger partial charge in [-0.3, -0.25) is 20.6 Å². The third kappa shape index (κ3) is 5.02. The lowest BCUT2D eigenvalue weighted by Crippen LogP contribution is -2.39.